The number of carboxylic acids is 1. The lowest BCUT2D eigenvalue weighted by atomic mass is 9.99. The van der Waals surface area contributed by atoms with Gasteiger partial charge in [0.2, 0.25) is 0 Å². The van der Waals surface area contributed by atoms with Crippen molar-refractivity contribution in [2.24, 2.45) is 11.8 Å². The lowest BCUT2D eigenvalue weighted by molar-refractivity contribution is -0.142. The van der Waals surface area contributed by atoms with E-state index in [1.807, 2.05) is 0 Å². The van der Waals surface area contributed by atoms with Crippen LogP contribution in [-0.2, 0) is 4.79 Å². The normalized spacial score (nSPS) is 21.4. The second-order valence-electron chi connectivity index (χ2n) is 5.00. The Balaban J connectivity index is 2.09. The van der Waals surface area contributed by atoms with Crippen LogP contribution in [0.5, 0.6) is 0 Å². The van der Waals surface area contributed by atoms with Crippen LogP contribution in [0.15, 0.2) is 16.6 Å². The molecule has 2 N–H and O–H groups in total. The fraction of sp³-hybridized carbons (Fsp3) is 0.385. The molecule has 1 saturated heterocycles. The maximum absolute atomic E-state index is 13.6. The SMILES string of the molecule is C[C@@H]1CN(C(=O)Nc2cc(F)c(Br)cc2F)C[C@H]1C(=O)O. The highest BCUT2D eigenvalue weighted by atomic mass is 79.9. The predicted molar refractivity (Wildman–Crippen MR) is 74.9 cm³/mol. The standard InChI is InChI=1S/C13H13BrF2N2O3/c1-6-4-18(5-7(6)12(19)20)13(21)17-11-3-9(15)8(14)2-10(11)16/h2-3,6-7H,4-5H2,1H3,(H,17,21)(H,19,20)/t6-,7-/m1/s1. The van der Waals surface area contributed by atoms with Gasteiger partial charge in [-0.2, -0.15) is 0 Å². The number of carbonyl (C=O) groups excluding carboxylic acids is 1. The fourth-order valence-corrected chi connectivity index (χ4v) is 2.58. The molecule has 8 heteroatoms. The van der Waals surface area contributed by atoms with Crippen LogP contribution in [0, 0.1) is 23.5 Å². The summed E-state index contributed by atoms with van der Waals surface area (Å²) in [5.74, 6) is -3.30. The monoisotopic (exact) mass is 362 g/mol. The Morgan fingerprint density at radius 3 is 2.57 bits per heavy atom. The Hall–Kier alpha value is -1.70. The summed E-state index contributed by atoms with van der Waals surface area (Å²) in [6, 6.07) is 1.13. The number of nitrogens with one attached hydrogen (secondary N) is 1. The highest BCUT2D eigenvalue weighted by Crippen LogP contribution is 2.26. The number of urea groups is 1. The summed E-state index contributed by atoms with van der Waals surface area (Å²) >= 11 is 2.84. The van der Waals surface area contributed by atoms with Crippen LogP contribution in [0.25, 0.3) is 0 Å². The molecule has 0 bridgehead atoms. The van der Waals surface area contributed by atoms with E-state index in [1.165, 1.54) is 4.90 Å². The highest BCUT2D eigenvalue weighted by molar-refractivity contribution is 9.10. The van der Waals surface area contributed by atoms with Crippen LogP contribution in [0.4, 0.5) is 19.3 Å². The number of likely N-dealkylation sites (tertiary alicyclic amines) is 1. The molecule has 1 fully saturated rings. The van der Waals surface area contributed by atoms with Gasteiger partial charge in [0.25, 0.3) is 0 Å². The third-order valence-corrected chi connectivity index (χ3v) is 4.08. The Morgan fingerprint density at radius 2 is 2.00 bits per heavy atom. The number of benzene rings is 1. The summed E-state index contributed by atoms with van der Waals surface area (Å²) < 4.78 is 27.0. The van der Waals surface area contributed by atoms with E-state index in [4.69, 9.17) is 5.11 Å². The first-order chi connectivity index (χ1) is 9.79. The molecule has 2 amide bonds. The molecule has 1 aliphatic rings. The van der Waals surface area contributed by atoms with E-state index in [1.54, 1.807) is 6.92 Å². The van der Waals surface area contributed by atoms with E-state index < -0.39 is 29.6 Å². The molecule has 2 rings (SSSR count). The lowest BCUT2D eigenvalue weighted by Crippen LogP contribution is -2.34. The molecule has 1 aromatic carbocycles. The minimum Gasteiger partial charge on any atom is -0.481 e. The summed E-state index contributed by atoms with van der Waals surface area (Å²) in [4.78, 5) is 24.3. The quantitative estimate of drug-likeness (QED) is 0.794. The van der Waals surface area contributed by atoms with Crippen molar-refractivity contribution in [2.75, 3.05) is 18.4 Å². The second-order valence-corrected chi connectivity index (χ2v) is 5.86. The number of halogens is 3. The van der Waals surface area contributed by atoms with E-state index in [-0.39, 0.29) is 29.2 Å². The van der Waals surface area contributed by atoms with Crippen molar-refractivity contribution in [1.82, 2.24) is 4.90 Å². The van der Waals surface area contributed by atoms with Crippen LogP contribution in [-0.4, -0.2) is 35.1 Å². The zero-order chi connectivity index (χ0) is 15.7. The van der Waals surface area contributed by atoms with Gasteiger partial charge in [0, 0.05) is 19.2 Å². The topological polar surface area (TPSA) is 69.6 Å². The maximum atomic E-state index is 13.6. The van der Waals surface area contributed by atoms with Crippen molar-refractivity contribution in [3.63, 3.8) is 0 Å². The smallest absolute Gasteiger partial charge is 0.321 e. The molecule has 1 heterocycles. The Kier molecular flexibility index (Phi) is 4.46. The molecule has 1 aliphatic heterocycles. The van der Waals surface area contributed by atoms with Gasteiger partial charge in [0.1, 0.15) is 11.6 Å². The predicted octanol–water partition coefficient (Wildman–Crippen LogP) is 2.91. The molecule has 1 aromatic rings. The van der Waals surface area contributed by atoms with Gasteiger partial charge >= 0.3 is 12.0 Å². The van der Waals surface area contributed by atoms with Gasteiger partial charge in [-0.25, -0.2) is 13.6 Å². The maximum Gasteiger partial charge on any atom is 0.321 e. The van der Waals surface area contributed by atoms with E-state index >= 15 is 0 Å². The van der Waals surface area contributed by atoms with Crippen molar-refractivity contribution in [2.45, 2.75) is 6.92 Å². The van der Waals surface area contributed by atoms with E-state index in [2.05, 4.69) is 21.2 Å². The molecule has 5 nitrogen and oxygen atoms in total. The first-order valence-corrected chi connectivity index (χ1v) is 7.02. The first kappa shape index (κ1) is 15.7. The number of nitrogens with zero attached hydrogens (tertiary/aromatic N) is 1. The summed E-state index contributed by atoms with van der Waals surface area (Å²) in [5, 5.41) is 11.3. The van der Waals surface area contributed by atoms with Crippen molar-refractivity contribution >= 4 is 33.6 Å². The third-order valence-electron chi connectivity index (χ3n) is 3.47. The zero-order valence-electron chi connectivity index (χ0n) is 11.1. The van der Waals surface area contributed by atoms with Crippen LogP contribution < -0.4 is 5.32 Å². The van der Waals surface area contributed by atoms with Crippen molar-refractivity contribution in [1.29, 1.82) is 0 Å². The number of amides is 2. The van der Waals surface area contributed by atoms with Gasteiger partial charge in [-0.15, -0.1) is 0 Å². The molecule has 2 atom stereocenters. The second kappa shape index (κ2) is 5.97. The van der Waals surface area contributed by atoms with Gasteiger partial charge in [-0.3, -0.25) is 4.79 Å². The number of hydrogen-bond acceptors (Lipinski definition) is 2. The summed E-state index contributed by atoms with van der Waals surface area (Å²) in [7, 11) is 0. The summed E-state index contributed by atoms with van der Waals surface area (Å²) in [6.45, 7) is 2.03. The van der Waals surface area contributed by atoms with Crippen molar-refractivity contribution in [3.8, 4) is 0 Å². The molecular formula is C13H13BrF2N2O3. The van der Waals surface area contributed by atoms with Gasteiger partial charge in [0.05, 0.1) is 16.1 Å². The first-order valence-electron chi connectivity index (χ1n) is 6.23. The molecule has 21 heavy (non-hydrogen) atoms. The minimum absolute atomic E-state index is 0.0428. The Labute approximate surface area is 128 Å². The largest absolute Gasteiger partial charge is 0.481 e. The van der Waals surface area contributed by atoms with E-state index in [0.29, 0.717) is 0 Å². The molecular weight excluding hydrogens is 350 g/mol. The zero-order valence-corrected chi connectivity index (χ0v) is 12.7. The Bertz CT molecular complexity index is 597. The number of hydrogen-bond donors (Lipinski definition) is 2. The molecule has 0 aromatic heterocycles. The summed E-state index contributed by atoms with van der Waals surface area (Å²) in [5.41, 5.74) is -0.285. The number of rotatable bonds is 2. The fourth-order valence-electron chi connectivity index (χ4n) is 2.27. The average molecular weight is 363 g/mol. The molecule has 0 aliphatic carbocycles. The molecule has 0 spiro atoms. The number of carboxylic acid groups (broad SMARTS) is 1. The third kappa shape index (κ3) is 3.31. The highest BCUT2D eigenvalue weighted by Gasteiger charge is 2.37. The Morgan fingerprint density at radius 1 is 1.33 bits per heavy atom. The van der Waals surface area contributed by atoms with E-state index in [0.717, 1.165) is 12.1 Å². The molecule has 0 radical (unpaired) electrons. The minimum atomic E-state index is -0.973. The van der Waals surface area contributed by atoms with Gasteiger partial charge in [-0.05, 0) is 27.9 Å². The van der Waals surface area contributed by atoms with Crippen LogP contribution in [0.2, 0.25) is 0 Å². The number of carbonyl (C=O) groups is 2. The summed E-state index contributed by atoms with van der Waals surface area (Å²) in [6.07, 6.45) is 0. The lowest BCUT2D eigenvalue weighted by Gasteiger charge is -2.17. The van der Waals surface area contributed by atoms with Crippen molar-refractivity contribution in [3.05, 3.63) is 28.2 Å². The average Bonchev–Trinajstić information content (AvgIpc) is 2.78. The van der Waals surface area contributed by atoms with Crippen LogP contribution in [0.3, 0.4) is 0 Å². The van der Waals surface area contributed by atoms with Gasteiger partial charge in [-0.1, -0.05) is 6.92 Å². The van der Waals surface area contributed by atoms with Crippen LogP contribution >= 0.6 is 15.9 Å². The van der Waals surface area contributed by atoms with Gasteiger partial charge < -0.3 is 15.3 Å². The molecule has 0 saturated carbocycles. The number of aliphatic carboxylic acids is 1. The van der Waals surface area contributed by atoms with Crippen molar-refractivity contribution < 1.29 is 23.5 Å². The molecule has 0 unspecified atom stereocenters. The number of anilines is 1. The van der Waals surface area contributed by atoms with E-state index in [9.17, 15) is 18.4 Å². The molecule has 114 valence electrons. The van der Waals surface area contributed by atoms with Gasteiger partial charge in [0.15, 0.2) is 0 Å². The van der Waals surface area contributed by atoms with Crippen LogP contribution in [0.1, 0.15) is 6.92 Å².